The van der Waals surface area contributed by atoms with Crippen LogP contribution in [0.4, 0.5) is 11.4 Å². The minimum Gasteiger partial charge on any atom is -0.395 e. The van der Waals surface area contributed by atoms with Gasteiger partial charge in [-0.25, -0.2) is 0 Å². The number of anilines is 2. The third-order valence-corrected chi connectivity index (χ3v) is 5.68. The van der Waals surface area contributed by atoms with Gasteiger partial charge in [0.25, 0.3) is 0 Å². The molecule has 2 aliphatic heterocycles. The normalized spacial score (nSPS) is 27.4. The summed E-state index contributed by atoms with van der Waals surface area (Å²) in [4.78, 5) is 5.11. The molecule has 0 radical (unpaired) electrons. The van der Waals surface area contributed by atoms with E-state index in [0.717, 1.165) is 21.2 Å². The van der Waals surface area contributed by atoms with Crippen molar-refractivity contribution in [2.45, 2.75) is 16.2 Å². The van der Waals surface area contributed by atoms with Crippen LogP contribution in [-0.4, -0.2) is 67.1 Å². The number of aliphatic hydroxyl groups excluding tert-OH is 1. The van der Waals surface area contributed by atoms with E-state index in [9.17, 15) is 5.11 Å². The molecule has 2 aromatic rings. The van der Waals surface area contributed by atoms with Crippen molar-refractivity contribution in [3.05, 3.63) is 47.5 Å². The molecule has 2 aliphatic rings. The maximum Gasteiger partial charge on any atom is 0.0567 e. The van der Waals surface area contributed by atoms with Crippen LogP contribution in [0, 0.1) is 0 Å². The second kappa shape index (κ2) is 11.7. The number of rotatable bonds is 6. The summed E-state index contributed by atoms with van der Waals surface area (Å²) >= 11 is 7.86. The minimum atomic E-state index is -2.89. The van der Waals surface area contributed by atoms with E-state index in [2.05, 4.69) is 0 Å². The summed E-state index contributed by atoms with van der Waals surface area (Å²) in [5, 5.41) is 9.86. The molecule has 1 saturated heterocycles. The van der Waals surface area contributed by atoms with Crippen molar-refractivity contribution < 1.29 is 16.1 Å². The summed E-state index contributed by atoms with van der Waals surface area (Å²) in [7, 11) is 0. The molecule has 0 amide bonds. The summed E-state index contributed by atoms with van der Waals surface area (Å²) in [6, 6.07) is 13.3. The number of fused-ring (bicyclic) bond motifs is 2. The van der Waals surface area contributed by atoms with Gasteiger partial charge in [-0.3, -0.25) is 4.90 Å². The van der Waals surface area contributed by atoms with Gasteiger partial charge >= 0.3 is 0 Å². The standard InChI is InChI=1S/C21H26ClN3OS.2ClH/c22-17-6-7-21-19(16-17)25(18-4-1-2-5-20(18)27-21)9-3-8-23-10-12-24(13-11-23)14-15-26;;/h1-2,4-7,16,26H,3,8-15H2;2*1H/i10D2,11D2,12D2,13D2;;. The van der Waals surface area contributed by atoms with Crippen molar-refractivity contribution in [1.29, 1.82) is 0 Å². The molecule has 0 aliphatic carbocycles. The summed E-state index contributed by atoms with van der Waals surface area (Å²) < 4.78 is 67.2. The summed E-state index contributed by atoms with van der Waals surface area (Å²) in [6.07, 6.45) is 0.218. The van der Waals surface area contributed by atoms with Gasteiger partial charge in [-0.15, -0.1) is 24.8 Å². The minimum absolute atomic E-state index is 0. The highest BCUT2D eigenvalue weighted by atomic mass is 35.5. The fourth-order valence-corrected chi connectivity index (χ4v) is 4.29. The Labute approximate surface area is 206 Å². The molecule has 4 nitrogen and oxygen atoms in total. The van der Waals surface area contributed by atoms with E-state index in [1.54, 1.807) is 17.8 Å². The van der Waals surface area contributed by atoms with Crippen LogP contribution < -0.4 is 4.90 Å². The molecule has 4 rings (SSSR count). The topological polar surface area (TPSA) is 30.0 Å². The first kappa shape index (κ1) is 15.2. The van der Waals surface area contributed by atoms with E-state index in [1.807, 2.05) is 41.3 Å². The third kappa shape index (κ3) is 5.95. The molecule has 0 aromatic heterocycles. The summed E-state index contributed by atoms with van der Waals surface area (Å²) in [6.45, 7) is -12.6. The average Bonchev–Trinajstić information content (AvgIpc) is 2.78. The molecule has 1 fully saturated rings. The van der Waals surface area contributed by atoms with Gasteiger partial charge < -0.3 is 14.9 Å². The van der Waals surface area contributed by atoms with Gasteiger partial charge in [0.2, 0.25) is 0 Å². The predicted octanol–water partition coefficient (Wildman–Crippen LogP) is 4.79. The molecule has 29 heavy (non-hydrogen) atoms. The number of aliphatic hydroxyl groups is 1. The lowest BCUT2D eigenvalue weighted by atomic mass is 10.2. The highest BCUT2D eigenvalue weighted by Crippen LogP contribution is 2.48. The number of hydrogen-bond acceptors (Lipinski definition) is 5. The quantitative estimate of drug-likeness (QED) is 0.637. The fraction of sp³-hybridized carbons (Fsp3) is 0.429. The highest BCUT2D eigenvalue weighted by molar-refractivity contribution is 7.99. The smallest absolute Gasteiger partial charge is 0.0567 e. The van der Waals surface area contributed by atoms with E-state index in [-0.39, 0.29) is 37.8 Å². The molecular formula is C21H28Cl3N3OS. The summed E-state index contributed by atoms with van der Waals surface area (Å²) in [5.74, 6) is 0. The van der Waals surface area contributed by atoms with E-state index in [1.165, 1.54) is 0 Å². The van der Waals surface area contributed by atoms with Crippen LogP contribution in [0.15, 0.2) is 52.3 Å². The van der Waals surface area contributed by atoms with Crippen molar-refractivity contribution in [3.63, 3.8) is 0 Å². The van der Waals surface area contributed by atoms with Crippen LogP contribution in [-0.2, 0) is 0 Å². The first-order valence-electron chi connectivity index (χ1n) is 12.8. The van der Waals surface area contributed by atoms with Crippen LogP contribution in [0.1, 0.15) is 17.4 Å². The zero-order valence-electron chi connectivity index (χ0n) is 23.5. The van der Waals surface area contributed by atoms with E-state index in [4.69, 9.17) is 22.6 Å². The number of hydrogen-bond donors (Lipinski definition) is 1. The van der Waals surface area contributed by atoms with Gasteiger partial charge in [0, 0.05) is 64.9 Å². The van der Waals surface area contributed by atoms with Gasteiger partial charge in [0.1, 0.15) is 0 Å². The van der Waals surface area contributed by atoms with E-state index in [0.29, 0.717) is 21.4 Å². The Hall–Kier alpha value is -0.660. The SMILES string of the molecule is Cl.Cl.[2H]C1([2H])N(CCO)C([2H])([2H])C([2H])([2H])N(CCCN2c3ccccc3Sc3ccc(Cl)cc32)C1([2H])[2H]. The highest BCUT2D eigenvalue weighted by Gasteiger charge is 2.23. The molecule has 0 bridgehead atoms. The Morgan fingerprint density at radius 1 is 0.897 bits per heavy atom. The number of nitrogens with zero attached hydrogens (tertiary/aromatic N) is 3. The molecule has 0 saturated carbocycles. The van der Waals surface area contributed by atoms with Crippen LogP contribution >= 0.6 is 48.2 Å². The number of β-amino-alcohol motifs (C(OH)–C–C–N with tert-alkyl or cyclic N) is 1. The maximum atomic E-state index is 9.30. The number of halogens is 3. The van der Waals surface area contributed by atoms with Gasteiger partial charge in [0.15, 0.2) is 0 Å². The van der Waals surface area contributed by atoms with Crippen LogP contribution in [0.3, 0.4) is 0 Å². The van der Waals surface area contributed by atoms with Crippen molar-refractivity contribution in [2.75, 3.05) is 57.1 Å². The molecule has 8 heteroatoms. The Kier molecular flexibility index (Phi) is 6.11. The van der Waals surface area contributed by atoms with Crippen molar-refractivity contribution >= 4 is 59.6 Å². The van der Waals surface area contributed by atoms with Crippen molar-refractivity contribution in [2.24, 2.45) is 0 Å². The molecule has 2 heterocycles. The first-order valence-corrected chi connectivity index (χ1v) is 9.96. The zero-order chi connectivity index (χ0) is 25.8. The van der Waals surface area contributed by atoms with E-state index >= 15 is 0 Å². The largest absolute Gasteiger partial charge is 0.395 e. The van der Waals surface area contributed by atoms with Gasteiger partial charge in [-0.1, -0.05) is 35.5 Å². The van der Waals surface area contributed by atoms with Crippen LogP contribution in [0.5, 0.6) is 0 Å². The van der Waals surface area contributed by atoms with Crippen molar-refractivity contribution in [3.8, 4) is 0 Å². The van der Waals surface area contributed by atoms with Crippen LogP contribution in [0.2, 0.25) is 5.02 Å². The Bertz CT molecular complexity index is 1090. The van der Waals surface area contributed by atoms with Gasteiger partial charge in [-0.2, -0.15) is 0 Å². The molecule has 2 aromatic carbocycles. The second-order valence-corrected chi connectivity index (χ2v) is 7.68. The molecule has 160 valence electrons. The Morgan fingerprint density at radius 2 is 1.55 bits per heavy atom. The lowest BCUT2D eigenvalue weighted by Gasteiger charge is -2.36. The van der Waals surface area contributed by atoms with E-state index < -0.39 is 39.1 Å². The molecule has 0 unspecified atom stereocenters. The molecule has 1 N–H and O–H groups in total. The summed E-state index contributed by atoms with van der Waals surface area (Å²) in [5.41, 5.74) is 1.79. The lowest BCUT2D eigenvalue weighted by Crippen LogP contribution is -2.47. The zero-order valence-corrected chi connectivity index (χ0v) is 18.7. The van der Waals surface area contributed by atoms with Gasteiger partial charge in [0.05, 0.1) is 18.0 Å². The number of benzene rings is 2. The van der Waals surface area contributed by atoms with Gasteiger partial charge in [-0.05, 0) is 43.3 Å². The maximum absolute atomic E-state index is 9.30. The molecular weight excluding hydrogens is 449 g/mol. The predicted molar refractivity (Wildman–Crippen MR) is 128 cm³/mol. The van der Waals surface area contributed by atoms with Crippen LogP contribution in [0.25, 0.3) is 0 Å². The fourth-order valence-electron chi connectivity index (χ4n) is 3.05. The first-order chi connectivity index (χ1) is 16.3. The Morgan fingerprint density at radius 3 is 2.28 bits per heavy atom. The third-order valence-electron chi connectivity index (χ3n) is 4.31. The van der Waals surface area contributed by atoms with Crippen molar-refractivity contribution in [1.82, 2.24) is 9.80 Å². The second-order valence-electron chi connectivity index (χ2n) is 6.16. The number of para-hydroxylation sites is 1. The molecule has 0 atom stereocenters. The lowest BCUT2D eigenvalue weighted by molar-refractivity contribution is 0.112. The monoisotopic (exact) mass is 483 g/mol. The molecule has 0 spiro atoms. The Balaban J connectivity index is 0.00000241. The number of piperazine rings is 1. The average molecular weight is 485 g/mol.